The SMILES string of the molecule is CC1CCN(C(=O)CN2CCN(c3ccc(O)cc3)CC2)c2ccccc2S1. The Morgan fingerprint density at radius 2 is 1.75 bits per heavy atom. The number of hydrogen-bond acceptors (Lipinski definition) is 5. The summed E-state index contributed by atoms with van der Waals surface area (Å²) in [6, 6.07) is 15.6. The third kappa shape index (κ3) is 4.28. The summed E-state index contributed by atoms with van der Waals surface area (Å²) in [6.07, 6.45) is 1.01. The number of anilines is 2. The van der Waals surface area contributed by atoms with Gasteiger partial charge in [-0.15, -0.1) is 11.8 Å². The van der Waals surface area contributed by atoms with Crippen LogP contribution < -0.4 is 9.80 Å². The van der Waals surface area contributed by atoms with Gasteiger partial charge in [0.05, 0.1) is 12.2 Å². The van der Waals surface area contributed by atoms with E-state index in [0.29, 0.717) is 11.8 Å². The van der Waals surface area contributed by atoms with Gasteiger partial charge in [0, 0.05) is 48.6 Å². The van der Waals surface area contributed by atoms with Crippen molar-refractivity contribution in [2.24, 2.45) is 0 Å². The number of carbonyl (C=O) groups is 1. The van der Waals surface area contributed by atoms with Crippen LogP contribution >= 0.6 is 11.8 Å². The van der Waals surface area contributed by atoms with Crippen molar-refractivity contribution in [2.75, 3.05) is 49.1 Å². The number of para-hydroxylation sites is 1. The maximum Gasteiger partial charge on any atom is 0.241 e. The molecule has 0 bridgehead atoms. The van der Waals surface area contributed by atoms with E-state index in [0.717, 1.165) is 50.5 Å². The second kappa shape index (κ2) is 8.45. The molecule has 4 rings (SSSR count). The van der Waals surface area contributed by atoms with Crippen LogP contribution in [-0.4, -0.2) is 60.4 Å². The Hall–Kier alpha value is -2.18. The van der Waals surface area contributed by atoms with E-state index in [1.165, 1.54) is 4.90 Å². The number of thioether (sulfide) groups is 1. The Balaban J connectivity index is 1.37. The van der Waals surface area contributed by atoms with Crippen LogP contribution in [0.25, 0.3) is 0 Å². The highest BCUT2D eigenvalue weighted by atomic mass is 32.2. The molecule has 5 nitrogen and oxygen atoms in total. The minimum absolute atomic E-state index is 0.195. The number of nitrogens with zero attached hydrogens (tertiary/aromatic N) is 3. The Labute approximate surface area is 170 Å². The average Bonchev–Trinajstić information content (AvgIpc) is 2.87. The smallest absolute Gasteiger partial charge is 0.241 e. The van der Waals surface area contributed by atoms with Crippen LogP contribution in [0.5, 0.6) is 5.75 Å². The zero-order valence-electron chi connectivity index (χ0n) is 16.3. The van der Waals surface area contributed by atoms with E-state index in [2.05, 4.69) is 34.9 Å². The third-order valence-corrected chi connectivity index (χ3v) is 6.73. The van der Waals surface area contributed by atoms with Gasteiger partial charge in [-0.3, -0.25) is 9.69 Å². The van der Waals surface area contributed by atoms with Crippen molar-refractivity contribution in [1.82, 2.24) is 4.90 Å². The maximum absolute atomic E-state index is 13.1. The first kappa shape index (κ1) is 19.2. The number of phenols is 1. The summed E-state index contributed by atoms with van der Waals surface area (Å²) >= 11 is 1.87. The molecule has 148 valence electrons. The van der Waals surface area contributed by atoms with Gasteiger partial charge in [-0.2, -0.15) is 0 Å². The average molecular weight is 398 g/mol. The lowest BCUT2D eigenvalue weighted by molar-refractivity contribution is -0.119. The normalized spacial score (nSPS) is 20.5. The molecular weight excluding hydrogens is 370 g/mol. The van der Waals surface area contributed by atoms with Crippen molar-refractivity contribution in [1.29, 1.82) is 0 Å². The molecule has 2 heterocycles. The number of fused-ring (bicyclic) bond motifs is 1. The lowest BCUT2D eigenvalue weighted by Crippen LogP contribution is -2.50. The van der Waals surface area contributed by atoms with Crippen LogP contribution in [0.3, 0.4) is 0 Å². The van der Waals surface area contributed by atoms with E-state index in [1.54, 1.807) is 12.1 Å². The number of amides is 1. The molecule has 28 heavy (non-hydrogen) atoms. The van der Waals surface area contributed by atoms with Gasteiger partial charge in [0.1, 0.15) is 5.75 Å². The van der Waals surface area contributed by atoms with Gasteiger partial charge >= 0.3 is 0 Å². The Kier molecular flexibility index (Phi) is 5.78. The highest BCUT2D eigenvalue weighted by Gasteiger charge is 2.26. The largest absolute Gasteiger partial charge is 0.508 e. The Morgan fingerprint density at radius 1 is 1.04 bits per heavy atom. The fourth-order valence-corrected chi connectivity index (χ4v) is 4.96. The van der Waals surface area contributed by atoms with Crippen LogP contribution in [0.4, 0.5) is 11.4 Å². The predicted octanol–water partition coefficient (Wildman–Crippen LogP) is 3.43. The van der Waals surface area contributed by atoms with Crippen molar-refractivity contribution >= 4 is 29.0 Å². The molecule has 1 atom stereocenters. The van der Waals surface area contributed by atoms with Gasteiger partial charge in [-0.25, -0.2) is 0 Å². The van der Waals surface area contributed by atoms with Gasteiger partial charge in [-0.05, 0) is 42.8 Å². The fourth-order valence-electron chi connectivity index (χ4n) is 3.85. The molecule has 2 aromatic carbocycles. The molecule has 1 amide bonds. The fraction of sp³-hybridized carbons (Fsp3) is 0.409. The molecular formula is C22H27N3O2S. The van der Waals surface area contributed by atoms with Crippen LogP contribution in [0.2, 0.25) is 0 Å². The molecule has 0 aromatic heterocycles. The summed E-state index contributed by atoms with van der Waals surface area (Å²) in [5.41, 5.74) is 2.18. The summed E-state index contributed by atoms with van der Waals surface area (Å²) in [6.45, 7) is 7.01. The summed E-state index contributed by atoms with van der Waals surface area (Å²) in [7, 11) is 0. The first-order valence-corrected chi connectivity index (χ1v) is 10.8. The zero-order valence-corrected chi connectivity index (χ0v) is 17.1. The van der Waals surface area contributed by atoms with E-state index < -0.39 is 0 Å². The first-order valence-electron chi connectivity index (χ1n) is 9.92. The van der Waals surface area contributed by atoms with Crippen LogP contribution in [0.15, 0.2) is 53.4 Å². The highest BCUT2D eigenvalue weighted by molar-refractivity contribution is 8.00. The monoisotopic (exact) mass is 397 g/mol. The van der Waals surface area contributed by atoms with E-state index in [4.69, 9.17) is 0 Å². The molecule has 1 N–H and O–H groups in total. The number of phenolic OH excluding ortho intramolecular Hbond substituents is 1. The number of benzene rings is 2. The molecule has 1 unspecified atom stereocenters. The Bertz CT molecular complexity index is 819. The maximum atomic E-state index is 13.1. The minimum Gasteiger partial charge on any atom is -0.508 e. The van der Waals surface area contributed by atoms with Gasteiger partial charge < -0.3 is 14.9 Å². The van der Waals surface area contributed by atoms with E-state index >= 15 is 0 Å². The standard InChI is InChI=1S/C22H27N3O2S/c1-17-10-11-25(20-4-2-3-5-21(20)28-17)22(27)16-23-12-14-24(15-13-23)18-6-8-19(26)9-7-18/h2-9,17,26H,10-16H2,1H3. The molecule has 2 aliphatic heterocycles. The quantitative estimate of drug-likeness (QED) is 0.860. The molecule has 2 aliphatic rings. The topological polar surface area (TPSA) is 47.0 Å². The van der Waals surface area contributed by atoms with Crippen LogP contribution in [0.1, 0.15) is 13.3 Å². The predicted molar refractivity (Wildman–Crippen MR) is 115 cm³/mol. The summed E-state index contributed by atoms with van der Waals surface area (Å²) in [5.74, 6) is 0.485. The zero-order chi connectivity index (χ0) is 19.5. The second-order valence-corrected chi connectivity index (χ2v) is 8.99. The van der Waals surface area contributed by atoms with Crippen LogP contribution in [-0.2, 0) is 4.79 Å². The van der Waals surface area contributed by atoms with Gasteiger partial charge in [-0.1, -0.05) is 19.1 Å². The lowest BCUT2D eigenvalue weighted by Gasteiger charge is -2.36. The lowest BCUT2D eigenvalue weighted by atomic mass is 10.2. The van der Waals surface area contributed by atoms with E-state index in [9.17, 15) is 9.90 Å². The van der Waals surface area contributed by atoms with Gasteiger partial charge in [0.15, 0.2) is 0 Å². The molecule has 2 aromatic rings. The van der Waals surface area contributed by atoms with Crippen molar-refractivity contribution in [3.63, 3.8) is 0 Å². The third-order valence-electron chi connectivity index (χ3n) is 5.49. The van der Waals surface area contributed by atoms with Crippen molar-refractivity contribution in [3.05, 3.63) is 48.5 Å². The second-order valence-electron chi connectivity index (χ2n) is 7.51. The first-order chi connectivity index (χ1) is 13.6. The molecule has 1 saturated heterocycles. The van der Waals surface area contributed by atoms with E-state index in [1.807, 2.05) is 34.9 Å². The molecule has 6 heteroatoms. The Morgan fingerprint density at radius 3 is 2.50 bits per heavy atom. The number of rotatable bonds is 3. The molecule has 0 spiro atoms. The molecule has 0 aliphatic carbocycles. The molecule has 0 saturated carbocycles. The highest BCUT2D eigenvalue weighted by Crippen LogP contribution is 2.37. The van der Waals surface area contributed by atoms with Crippen molar-refractivity contribution < 1.29 is 9.90 Å². The summed E-state index contributed by atoms with van der Waals surface area (Å²) in [5, 5.41) is 9.98. The minimum atomic E-state index is 0.195. The van der Waals surface area contributed by atoms with Gasteiger partial charge in [0.2, 0.25) is 5.91 Å². The number of hydrogen-bond donors (Lipinski definition) is 1. The van der Waals surface area contributed by atoms with Crippen molar-refractivity contribution in [2.45, 2.75) is 23.5 Å². The van der Waals surface area contributed by atoms with E-state index in [-0.39, 0.29) is 11.7 Å². The number of piperazine rings is 1. The summed E-state index contributed by atoms with van der Waals surface area (Å²) < 4.78 is 0. The molecule has 0 radical (unpaired) electrons. The van der Waals surface area contributed by atoms with Crippen molar-refractivity contribution in [3.8, 4) is 5.75 Å². The van der Waals surface area contributed by atoms with Crippen LogP contribution in [0, 0.1) is 0 Å². The number of carbonyl (C=O) groups excluding carboxylic acids is 1. The number of aromatic hydroxyl groups is 1. The molecule has 1 fully saturated rings. The summed E-state index contributed by atoms with van der Waals surface area (Å²) in [4.78, 5) is 20.9. The van der Waals surface area contributed by atoms with Gasteiger partial charge in [0.25, 0.3) is 0 Å².